The average Bonchev–Trinajstić information content (AvgIpc) is 3.31. The maximum atomic E-state index is 12.2. The molecule has 0 bridgehead atoms. The highest BCUT2D eigenvalue weighted by atomic mass is 32.1. The number of hydrogen-bond acceptors (Lipinski definition) is 7. The Morgan fingerprint density at radius 3 is 3.00 bits per heavy atom. The van der Waals surface area contributed by atoms with Gasteiger partial charge < -0.3 is 20.1 Å². The highest BCUT2D eigenvalue weighted by Gasteiger charge is 2.42. The van der Waals surface area contributed by atoms with Gasteiger partial charge in [-0.25, -0.2) is 4.98 Å². The normalized spacial score (nSPS) is 19.0. The van der Waals surface area contributed by atoms with Gasteiger partial charge in [0.2, 0.25) is 0 Å². The smallest absolute Gasteiger partial charge is 0.261 e. The maximum absolute atomic E-state index is 12.2. The van der Waals surface area contributed by atoms with Gasteiger partial charge in [-0.15, -0.1) is 22.7 Å². The molecule has 4 rings (SSSR count). The Kier molecular flexibility index (Phi) is 4.77. The van der Waals surface area contributed by atoms with Gasteiger partial charge in [-0.05, 0) is 24.5 Å². The molecular formula is C17H21N3O3S2. The first-order chi connectivity index (χ1) is 12.2. The zero-order chi connectivity index (χ0) is 17.3. The number of ether oxygens (including phenoxy) is 1. The van der Waals surface area contributed by atoms with E-state index < -0.39 is 0 Å². The molecule has 0 aromatic carbocycles. The van der Waals surface area contributed by atoms with Crippen molar-refractivity contribution in [3.63, 3.8) is 0 Å². The van der Waals surface area contributed by atoms with Crippen molar-refractivity contribution in [1.82, 2.24) is 10.3 Å². The number of fused-ring (bicyclic) bond motifs is 2. The third-order valence-electron chi connectivity index (χ3n) is 4.89. The molecule has 25 heavy (non-hydrogen) atoms. The second-order valence-corrected chi connectivity index (χ2v) is 8.33. The molecule has 8 heteroatoms. The van der Waals surface area contributed by atoms with Crippen molar-refractivity contribution in [2.24, 2.45) is 0 Å². The van der Waals surface area contributed by atoms with Crippen molar-refractivity contribution in [2.45, 2.75) is 24.9 Å². The standard InChI is InChI=1S/C17H21N3O3S2/c21-8-4-18-15(22)14-11-12-13(25-14)1-9-23-17(12)2-6-20(7-3-17)16-19-5-10-24-16/h5,10-11,21H,1-4,6-9H2,(H,18,22). The average molecular weight is 380 g/mol. The molecule has 1 saturated heterocycles. The lowest BCUT2D eigenvalue weighted by Crippen LogP contribution is -2.46. The largest absolute Gasteiger partial charge is 0.395 e. The number of nitrogens with one attached hydrogen (secondary N) is 1. The van der Waals surface area contributed by atoms with Gasteiger partial charge in [0.05, 0.1) is 23.7 Å². The van der Waals surface area contributed by atoms with E-state index in [1.807, 2.05) is 17.6 Å². The monoisotopic (exact) mass is 379 g/mol. The van der Waals surface area contributed by atoms with Crippen LogP contribution in [0.25, 0.3) is 0 Å². The number of rotatable bonds is 4. The van der Waals surface area contributed by atoms with Crippen LogP contribution in [0.5, 0.6) is 0 Å². The first-order valence-electron chi connectivity index (χ1n) is 8.52. The van der Waals surface area contributed by atoms with Crippen molar-refractivity contribution in [3.05, 3.63) is 33.0 Å². The lowest BCUT2D eigenvalue weighted by atomic mass is 9.82. The number of nitrogens with zero attached hydrogens (tertiary/aromatic N) is 2. The van der Waals surface area contributed by atoms with Gasteiger partial charge in [-0.1, -0.05) is 0 Å². The van der Waals surface area contributed by atoms with Crippen LogP contribution >= 0.6 is 22.7 Å². The van der Waals surface area contributed by atoms with E-state index in [1.54, 1.807) is 22.7 Å². The summed E-state index contributed by atoms with van der Waals surface area (Å²) >= 11 is 3.23. The Morgan fingerprint density at radius 1 is 1.44 bits per heavy atom. The zero-order valence-electron chi connectivity index (χ0n) is 13.9. The number of carbonyl (C=O) groups is 1. The summed E-state index contributed by atoms with van der Waals surface area (Å²) in [6, 6.07) is 2.00. The number of anilines is 1. The van der Waals surface area contributed by atoms with E-state index in [9.17, 15) is 4.79 Å². The van der Waals surface area contributed by atoms with Gasteiger partial charge in [0.15, 0.2) is 5.13 Å². The van der Waals surface area contributed by atoms with Crippen LogP contribution in [0.15, 0.2) is 17.6 Å². The van der Waals surface area contributed by atoms with Crippen LogP contribution in [0.4, 0.5) is 5.13 Å². The molecule has 1 spiro atoms. The summed E-state index contributed by atoms with van der Waals surface area (Å²) in [5.74, 6) is -0.108. The molecule has 1 fully saturated rings. The molecular weight excluding hydrogens is 358 g/mol. The molecule has 0 saturated carbocycles. The lowest BCUT2D eigenvalue weighted by molar-refractivity contribution is -0.0756. The summed E-state index contributed by atoms with van der Waals surface area (Å²) < 4.78 is 6.26. The molecule has 134 valence electrons. The minimum atomic E-state index is -0.270. The van der Waals surface area contributed by atoms with Crippen LogP contribution in [0, 0.1) is 0 Å². The number of amides is 1. The topological polar surface area (TPSA) is 74.7 Å². The van der Waals surface area contributed by atoms with Gasteiger partial charge in [0, 0.05) is 42.5 Å². The molecule has 2 aliphatic rings. The summed E-state index contributed by atoms with van der Waals surface area (Å²) in [6.45, 7) is 2.77. The van der Waals surface area contributed by atoms with Gasteiger partial charge in [-0.2, -0.15) is 0 Å². The SMILES string of the molecule is O=C(NCCO)c1cc2c(s1)CCOC21CCN(c2nccs2)CC1. The van der Waals surface area contributed by atoms with Crippen molar-refractivity contribution in [3.8, 4) is 0 Å². The van der Waals surface area contributed by atoms with E-state index in [0.717, 1.165) is 37.5 Å². The predicted molar refractivity (Wildman–Crippen MR) is 98.6 cm³/mol. The molecule has 0 radical (unpaired) electrons. The third-order valence-corrected chi connectivity index (χ3v) is 6.92. The molecule has 2 aliphatic heterocycles. The molecule has 4 heterocycles. The number of hydrogen-bond donors (Lipinski definition) is 2. The van der Waals surface area contributed by atoms with E-state index >= 15 is 0 Å². The fraction of sp³-hybridized carbons (Fsp3) is 0.529. The Bertz CT molecular complexity index is 736. The first-order valence-corrected chi connectivity index (χ1v) is 10.2. The van der Waals surface area contributed by atoms with Crippen LogP contribution in [0.2, 0.25) is 0 Å². The van der Waals surface area contributed by atoms with E-state index in [4.69, 9.17) is 9.84 Å². The van der Waals surface area contributed by atoms with Gasteiger partial charge in [-0.3, -0.25) is 4.79 Å². The van der Waals surface area contributed by atoms with Crippen LogP contribution < -0.4 is 10.2 Å². The predicted octanol–water partition coefficient (Wildman–Crippen LogP) is 2.00. The number of aliphatic hydroxyl groups excluding tert-OH is 1. The van der Waals surface area contributed by atoms with Crippen LogP contribution in [-0.4, -0.2) is 48.8 Å². The number of piperidine rings is 1. The van der Waals surface area contributed by atoms with E-state index in [-0.39, 0.29) is 24.7 Å². The van der Waals surface area contributed by atoms with Crippen molar-refractivity contribution in [1.29, 1.82) is 0 Å². The van der Waals surface area contributed by atoms with Crippen molar-refractivity contribution in [2.75, 3.05) is 37.7 Å². The Hall–Kier alpha value is -1.48. The Balaban J connectivity index is 1.53. The highest BCUT2D eigenvalue weighted by molar-refractivity contribution is 7.14. The fourth-order valence-electron chi connectivity index (χ4n) is 3.63. The summed E-state index contributed by atoms with van der Waals surface area (Å²) in [7, 11) is 0. The minimum absolute atomic E-state index is 0.0452. The van der Waals surface area contributed by atoms with E-state index in [0.29, 0.717) is 11.5 Å². The number of thiophene rings is 1. The molecule has 0 atom stereocenters. The van der Waals surface area contributed by atoms with Crippen LogP contribution in [-0.2, 0) is 16.8 Å². The molecule has 2 N–H and O–H groups in total. The molecule has 0 unspecified atom stereocenters. The maximum Gasteiger partial charge on any atom is 0.261 e. The van der Waals surface area contributed by atoms with Gasteiger partial charge in [0.1, 0.15) is 0 Å². The summed E-state index contributed by atoms with van der Waals surface area (Å²) in [6.07, 6.45) is 4.53. The summed E-state index contributed by atoms with van der Waals surface area (Å²) in [5, 5.41) is 14.7. The van der Waals surface area contributed by atoms with Crippen LogP contribution in [0.3, 0.4) is 0 Å². The van der Waals surface area contributed by atoms with E-state index in [1.165, 1.54) is 10.4 Å². The van der Waals surface area contributed by atoms with Gasteiger partial charge >= 0.3 is 0 Å². The summed E-state index contributed by atoms with van der Waals surface area (Å²) in [4.78, 5) is 20.9. The second kappa shape index (κ2) is 7.03. The molecule has 2 aromatic heterocycles. The Labute approximate surface area is 154 Å². The second-order valence-electron chi connectivity index (χ2n) is 6.32. The molecule has 0 aliphatic carbocycles. The molecule has 2 aromatic rings. The number of thiazole rings is 1. The number of carbonyl (C=O) groups excluding carboxylic acids is 1. The zero-order valence-corrected chi connectivity index (χ0v) is 15.5. The fourth-order valence-corrected chi connectivity index (χ4v) is 5.47. The first kappa shape index (κ1) is 17.0. The van der Waals surface area contributed by atoms with Crippen molar-refractivity contribution < 1.29 is 14.6 Å². The quantitative estimate of drug-likeness (QED) is 0.850. The van der Waals surface area contributed by atoms with Crippen LogP contribution in [0.1, 0.15) is 33.0 Å². The molecule has 6 nitrogen and oxygen atoms in total. The number of aromatic nitrogens is 1. The lowest BCUT2D eigenvalue weighted by Gasteiger charge is -2.44. The highest BCUT2D eigenvalue weighted by Crippen LogP contribution is 2.45. The molecule has 1 amide bonds. The van der Waals surface area contributed by atoms with Crippen molar-refractivity contribution >= 4 is 33.7 Å². The van der Waals surface area contributed by atoms with Gasteiger partial charge in [0.25, 0.3) is 5.91 Å². The summed E-state index contributed by atoms with van der Waals surface area (Å²) in [5.41, 5.74) is 0.921. The Morgan fingerprint density at radius 2 is 2.28 bits per heavy atom. The third kappa shape index (κ3) is 3.19. The number of aliphatic hydroxyl groups is 1. The van der Waals surface area contributed by atoms with E-state index in [2.05, 4.69) is 15.2 Å². The minimum Gasteiger partial charge on any atom is -0.395 e.